The first-order valence-corrected chi connectivity index (χ1v) is 9.86. The Hall–Kier alpha value is -3.41. The molecule has 1 aromatic heterocycles. The van der Waals surface area contributed by atoms with Crippen LogP contribution in [0.4, 0.5) is 5.82 Å². The molecule has 29 heavy (non-hydrogen) atoms. The highest BCUT2D eigenvalue weighted by Gasteiger charge is 2.23. The number of nitrogens with zero attached hydrogens (tertiary/aromatic N) is 2. The van der Waals surface area contributed by atoms with Crippen LogP contribution in [0.25, 0.3) is 11.4 Å². The Labute approximate surface area is 170 Å². The summed E-state index contributed by atoms with van der Waals surface area (Å²) in [5.74, 6) is 2.23. The van der Waals surface area contributed by atoms with E-state index in [1.54, 1.807) is 6.20 Å². The monoisotopic (exact) mass is 388 g/mol. The van der Waals surface area contributed by atoms with E-state index >= 15 is 0 Å². The van der Waals surface area contributed by atoms with Crippen molar-refractivity contribution in [2.45, 2.75) is 25.8 Å². The zero-order valence-electron chi connectivity index (χ0n) is 16.4. The largest absolute Gasteiger partial charge is 0.492 e. The molecule has 0 aliphatic heterocycles. The first-order chi connectivity index (χ1) is 14.2. The van der Waals surface area contributed by atoms with Crippen molar-refractivity contribution in [1.82, 2.24) is 15.3 Å². The standard InChI is InChI=1S/C23H24N4O2/c1-16-15-25-22(17-7-9-18(10-8-17)23(28)26-19-11-12-19)27-21(16)24-13-14-29-20-5-3-2-4-6-20/h2-10,15,19H,11-14H2,1H3,(H,26,28)(H,24,25,27). The number of benzene rings is 2. The van der Waals surface area contributed by atoms with Gasteiger partial charge in [-0.1, -0.05) is 30.3 Å². The third kappa shape index (κ3) is 5.10. The molecule has 0 spiro atoms. The van der Waals surface area contributed by atoms with Crippen LogP contribution in [0, 0.1) is 6.92 Å². The van der Waals surface area contributed by atoms with Gasteiger partial charge in [0.05, 0.1) is 6.54 Å². The van der Waals surface area contributed by atoms with Crippen LogP contribution in [0.5, 0.6) is 5.75 Å². The average Bonchev–Trinajstić information content (AvgIpc) is 3.57. The summed E-state index contributed by atoms with van der Waals surface area (Å²) in [6.07, 6.45) is 3.96. The Morgan fingerprint density at radius 2 is 1.86 bits per heavy atom. The van der Waals surface area contributed by atoms with Gasteiger partial charge in [-0.15, -0.1) is 0 Å². The van der Waals surface area contributed by atoms with Crippen LogP contribution < -0.4 is 15.4 Å². The summed E-state index contributed by atoms with van der Waals surface area (Å²) in [6.45, 7) is 3.13. The number of aromatic nitrogens is 2. The van der Waals surface area contributed by atoms with E-state index in [4.69, 9.17) is 4.74 Å². The molecule has 6 heteroatoms. The minimum Gasteiger partial charge on any atom is -0.492 e. The summed E-state index contributed by atoms with van der Waals surface area (Å²) in [7, 11) is 0. The Morgan fingerprint density at radius 1 is 1.10 bits per heavy atom. The van der Waals surface area contributed by atoms with E-state index in [9.17, 15) is 4.79 Å². The summed E-state index contributed by atoms with van der Waals surface area (Å²) in [4.78, 5) is 21.2. The van der Waals surface area contributed by atoms with Gasteiger partial charge in [0.15, 0.2) is 5.82 Å². The van der Waals surface area contributed by atoms with Gasteiger partial charge in [-0.2, -0.15) is 0 Å². The molecule has 148 valence electrons. The summed E-state index contributed by atoms with van der Waals surface area (Å²) in [5, 5.41) is 6.31. The topological polar surface area (TPSA) is 76.1 Å². The predicted molar refractivity (Wildman–Crippen MR) is 113 cm³/mol. The third-order valence-electron chi connectivity index (χ3n) is 4.70. The lowest BCUT2D eigenvalue weighted by molar-refractivity contribution is 0.0951. The van der Waals surface area contributed by atoms with E-state index in [-0.39, 0.29) is 5.91 Å². The Balaban J connectivity index is 1.37. The van der Waals surface area contributed by atoms with Gasteiger partial charge in [0.1, 0.15) is 18.2 Å². The van der Waals surface area contributed by atoms with Crippen molar-refractivity contribution >= 4 is 11.7 Å². The molecule has 2 aromatic carbocycles. The number of para-hydroxylation sites is 1. The second kappa shape index (κ2) is 8.73. The summed E-state index contributed by atoms with van der Waals surface area (Å²) < 4.78 is 5.71. The van der Waals surface area contributed by atoms with Crippen LogP contribution in [0.3, 0.4) is 0 Å². The van der Waals surface area contributed by atoms with Crippen molar-refractivity contribution in [3.8, 4) is 17.1 Å². The van der Waals surface area contributed by atoms with Crippen molar-refractivity contribution in [3.05, 3.63) is 71.9 Å². The number of anilines is 1. The number of aryl methyl sites for hydroxylation is 1. The lowest BCUT2D eigenvalue weighted by atomic mass is 10.1. The number of ether oxygens (including phenoxy) is 1. The molecule has 2 N–H and O–H groups in total. The first-order valence-electron chi connectivity index (χ1n) is 9.86. The average molecular weight is 388 g/mol. The van der Waals surface area contributed by atoms with E-state index < -0.39 is 0 Å². The highest BCUT2D eigenvalue weighted by atomic mass is 16.5. The molecule has 1 fully saturated rings. The van der Waals surface area contributed by atoms with Gasteiger partial charge in [-0.3, -0.25) is 4.79 Å². The van der Waals surface area contributed by atoms with Crippen molar-refractivity contribution in [2.75, 3.05) is 18.5 Å². The number of nitrogens with one attached hydrogen (secondary N) is 2. The van der Waals surface area contributed by atoms with Crippen molar-refractivity contribution < 1.29 is 9.53 Å². The smallest absolute Gasteiger partial charge is 0.251 e. The summed E-state index contributed by atoms with van der Waals surface area (Å²) >= 11 is 0. The lowest BCUT2D eigenvalue weighted by Gasteiger charge is -2.11. The van der Waals surface area contributed by atoms with Gasteiger partial charge in [0, 0.05) is 28.9 Å². The molecule has 0 radical (unpaired) electrons. The van der Waals surface area contributed by atoms with Crippen LogP contribution in [0.2, 0.25) is 0 Å². The highest BCUT2D eigenvalue weighted by Crippen LogP contribution is 2.21. The molecule has 0 unspecified atom stereocenters. The van der Waals surface area contributed by atoms with Gasteiger partial charge in [-0.25, -0.2) is 9.97 Å². The predicted octanol–water partition coefficient (Wildman–Crippen LogP) is 3.84. The molecule has 0 bridgehead atoms. The number of amides is 1. The van der Waals surface area contributed by atoms with Crippen LogP contribution in [-0.2, 0) is 0 Å². The van der Waals surface area contributed by atoms with Crippen molar-refractivity contribution in [2.24, 2.45) is 0 Å². The number of hydrogen-bond donors (Lipinski definition) is 2. The van der Waals surface area contributed by atoms with Crippen LogP contribution >= 0.6 is 0 Å². The molecule has 1 amide bonds. The van der Waals surface area contributed by atoms with Gasteiger partial charge in [0.2, 0.25) is 0 Å². The van der Waals surface area contributed by atoms with E-state index in [1.165, 1.54) is 0 Å². The number of carbonyl (C=O) groups excluding carboxylic acids is 1. The molecule has 6 nitrogen and oxygen atoms in total. The molecule has 1 aliphatic rings. The normalized spacial score (nSPS) is 13.0. The molecule has 0 atom stereocenters. The molecule has 3 aromatic rings. The number of hydrogen-bond acceptors (Lipinski definition) is 5. The van der Waals surface area contributed by atoms with Gasteiger partial charge in [-0.05, 0) is 44.0 Å². The Bertz CT molecular complexity index is 970. The first kappa shape index (κ1) is 18.9. The maximum Gasteiger partial charge on any atom is 0.251 e. The lowest BCUT2D eigenvalue weighted by Crippen LogP contribution is -2.25. The maximum atomic E-state index is 12.1. The number of carbonyl (C=O) groups is 1. The zero-order chi connectivity index (χ0) is 20.1. The van der Waals surface area contributed by atoms with Gasteiger partial charge in [0.25, 0.3) is 5.91 Å². The molecule has 4 rings (SSSR count). The molecular formula is C23H24N4O2. The fraction of sp³-hybridized carbons (Fsp3) is 0.261. The quantitative estimate of drug-likeness (QED) is 0.574. The Kier molecular flexibility index (Phi) is 5.70. The SMILES string of the molecule is Cc1cnc(-c2ccc(C(=O)NC3CC3)cc2)nc1NCCOc1ccccc1. The van der Waals surface area contributed by atoms with E-state index in [0.717, 1.165) is 35.5 Å². The fourth-order valence-electron chi connectivity index (χ4n) is 2.88. The van der Waals surface area contributed by atoms with E-state index in [1.807, 2.05) is 61.5 Å². The highest BCUT2D eigenvalue weighted by molar-refractivity contribution is 5.95. The minimum atomic E-state index is -0.0235. The number of rotatable bonds is 8. The van der Waals surface area contributed by atoms with Gasteiger partial charge < -0.3 is 15.4 Å². The summed E-state index contributed by atoms with van der Waals surface area (Å²) in [5.41, 5.74) is 2.50. The fourth-order valence-corrected chi connectivity index (χ4v) is 2.88. The molecular weight excluding hydrogens is 364 g/mol. The van der Waals surface area contributed by atoms with E-state index in [2.05, 4.69) is 20.6 Å². The second-order valence-corrected chi connectivity index (χ2v) is 7.14. The van der Waals surface area contributed by atoms with Gasteiger partial charge >= 0.3 is 0 Å². The third-order valence-corrected chi connectivity index (χ3v) is 4.70. The van der Waals surface area contributed by atoms with Crippen LogP contribution in [0.15, 0.2) is 60.8 Å². The molecule has 1 heterocycles. The van der Waals surface area contributed by atoms with Crippen molar-refractivity contribution in [3.63, 3.8) is 0 Å². The van der Waals surface area contributed by atoms with Crippen LogP contribution in [0.1, 0.15) is 28.8 Å². The zero-order valence-corrected chi connectivity index (χ0v) is 16.4. The molecule has 0 saturated heterocycles. The molecule has 1 saturated carbocycles. The summed E-state index contributed by atoms with van der Waals surface area (Å²) in [6, 6.07) is 17.5. The van der Waals surface area contributed by atoms with Crippen LogP contribution in [-0.4, -0.2) is 35.1 Å². The minimum absolute atomic E-state index is 0.0235. The van der Waals surface area contributed by atoms with Crippen molar-refractivity contribution in [1.29, 1.82) is 0 Å². The van der Waals surface area contributed by atoms with E-state index in [0.29, 0.717) is 30.6 Å². The maximum absolute atomic E-state index is 12.1. The second-order valence-electron chi connectivity index (χ2n) is 7.14. The molecule has 1 aliphatic carbocycles. The Morgan fingerprint density at radius 3 is 2.59 bits per heavy atom.